The molecule has 2 aromatic heterocycles. The molecule has 0 aromatic carbocycles. The maximum Gasteiger partial charge on any atom is 0.161 e. The van der Waals surface area contributed by atoms with Gasteiger partial charge in [0.2, 0.25) is 0 Å². The SMILES string of the molecule is CCC1(c2nc3cc(O)c(C#N)c(C)n3n2)C=CC=CC1. The number of hydrogen-bond acceptors (Lipinski definition) is 4. The third-order valence-corrected chi connectivity index (χ3v) is 4.17. The number of nitrogens with zero attached hydrogens (tertiary/aromatic N) is 4. The molecule has 1 aliphatic carbocycles. The van der Waals surface area contributed by atoms with Crippen molar-refractivity contribution in [1.29, 1.82) is 5.26 Å². The van der Waals surface area contributed by atoms with Gasteiger partial charge in [0, 0.05) is 6.07 Å². The predicted octanol–water partition coefficient (Wildman–Crippen LogP) is 2.78. The lowest BCUT2D eigenvalue weighted by Crippen LogP contribution is -2.25. The Balaban J connectivity index is 2.23. The molecule has 5 heteroatoms. The number of allylic oxidation sites excluding steroid dienone is 4. The van der Waals surface area contributed by atoms with Crippen molar-refractivity contribution in [2.24, 2.45) is 0 Å². The molecule has 1 N–H and O–H groups in total. The molecule has 1 aliphatic rings. The van der Waals surface area contributed by atoms with Gasteiger partial charge in [-0.1, -0.05) is 31.2 Å². The largest absolute Gasteiger partial charge is 0.506 e. The molecule has 0 saturated heterocycles. The van der Waals surface area contributed by atoms with E-state index in [0.717, 1.165) is 18.7 Å². The van der Waals surface area contributed by atoms with Crippen LogP contribution < -0.4 is 0 Å². The normalized spacial score (nSPS) is 20.8. The van der Waals surface area contributed by atoms with Gasteiger partial charge >= 0.3 is 0 Å². The Morgan fingerprint density at radius 2 is 2.29 bits per heavy atom. The number of aromatic hydroxyl groups is 1. The second-order valence-electron chi connectivity index (χ2n) is 5.31. The maximum atomic E-state index is 9.90. The fourth-order valence-electron chi connectivity index (χ4n) is 2.75. The number of rotatable bonds is 2. The van der Waals surface area contributed by atoms with E-state index in [0.29, 0.717) is 11.3 Å². The Morgan fingerprint density at radius 1 is 1.48 bits per heavy atom. The summed E-state index contributed by atoms with van der Waals surface area (Å²) in [4.78, 5) is 4.57. The van der Waals surface area contributed by atoms with Crippen LogP contribution in [0, 0.1) is 18.3 Å². The molecular formula is C16H16N4O. The van der Waals surface area contributed by atoms with Crippen LogP contribution in [0.1, 0.15) is 36.8 Å². The van der Waals surface area contributed by atoms with Crippen molar-refractivity contribution in [1.82, 2.24) is 14.6 Å². The van der Waals surface area contributed by atoms with E-state index in [1.165, 1.54) is 6.07 Å². The fourth-order valence-corrected chi connectivity index (χ4v) is 2.75. The van der Waals surface area contributed by atoms with E-state index in [2.05, 4.69) is 29.2 Å². The molecule has 1 atom stereocenters. The molecule has 21 heavy (non-hydrogen) atoms. The average molecular weight is 280 g/mol. The number of pyridine rings is 1. The van der Waals surface area contributed by atoms with Gasteiger partial charge < -0.3 is 5.11 Å². The van der Waals surface area contributed by atoms with E-state index in [-0.39, 0.29) is 16.7 Å². The molecule has 2 aromatic rings. The highest BCUT2D eigenvalue weighted by Crippen LogP contribution is 2.34. The molecule has 0 amide bonds. The lowest BCUT2D eigenvalue weighted by atomic mass is 9.78. The summed E-state index contributed by atoms with van der Waals surface area (Å²) >= 11 is 0. The maximum absolute atomic E-state index is 9.90. The van der Waals surface area contributed by atoms with Crippen LogP contribution in [0.2, 0.25) is 0 Å². The third kappa shape index (κ3) is 1.91. The average Bonchev–Trinajstić information content (AvgIpc) is 2.93. The Kier molecular flexibility index (Phi) is 3.02. The minimum absolute atomic E-state index is 0.0499. The predicted molar refractivity (Wildman–Crippen MR) is 79.0 cm³/mol. The summed E-state index contributed by atoms with van der Waals surface area (Å²) < 4.78 is 1.64. The lowest BCUT2D eigenvalue weighted by Gasteiger charge is -2.26. The zero-order valence-corrected chi connectivity index (χ0v) is 12.0. The Hall–Kier alpha value is -2.61. The van der Waals surface area contributed by atoms with Crippen LogP contribution >= 0.6 is 0 Å². The number of hydrogen-bond donors (Lipinski definition) is 1. The highest BCUT2D eigenvalue weighted by atomic mass is 16.3. The lowest BCUT2D eigenvalue weighted by molar-refractivity contribution is 0.471. The summed E-state index contributed by atoms with van der Waals surface area (Å²) in [5, 5.41) is 23.6. The van der Waals surface area contributed by atoms with Crippen LogP contribution in [0.15, 0.2) is 30.4 Å². The van der Waals surface area contributed by atoms with Crippen molar-refractivity contribution in [3.8, 4) is 11.8 Å². The standard InChI is InChI=1S/C16H16N4O/c1-3-16(7-5-4-6-8-16)15-18-14-9-13(21)12(10-17)11(2)20(14)19-15/h4-7,9,21H,3,8H2,1-2H3. The number of fused-ring (bicyclic) bond motifs is 1. The van der Waals surface area contributed by atoms with Crippen molar-refractivity contribution in [3.05, 3.63) is 47.5 Å². The summed E-state index contributed by atoms with van der Waals surface area (Å²) in [6.45, 7) is 3.87. The molecule has 1 unspecified atom stereocenters. The quantitative estimate of drug-likeness (QED) is 0.918. The summed E-state index contributed by atoms with van der Waals surface area (Å²) in [7, 11) is 0. The van der Waals surface area contributed by atoms with Gasteiger partial charge in [-0.2, -0.15) is 10.4 Å². The molecule has 106 valence electrons. The van der Waals surface area contributed by atoms with Gasteiger partial charge in [-0.05, 0) is 19.8 Å². The van der Waals surface area contributed by atoms with Crippen LogP contribution in [-0.2, 0) is 5.41 Å². The van der Waals surface area contributed by atoms with E-state index in [4.69, 9.17) is 5.26 Å². The van der Waals surface area contributed by atoms with Gasteiger partial charge in [0.1, 0.15) is 17.4 Å². The van der Waals surface area contributed by atoms with Crippen LogP contribution in [0.4, 0.5) is 0 Å². The number of aryl methyl sites for hydroxylation is 1. The molecular weight excluding hydrogens is 264 g/mol. The highest BCUT2D eigenvalue weighted by molar-refractivity contribution is 5.55. The van der Waals surface area contributed by atoms with Crippen LogP contribution in [0.5, 0.6) is 5.75 Å². The minimum Gasteiger partial charge on any atom is -0.506 e. The molecule has 3 rings (SSSR count). The van der Waals surface area contributed by atoms with E-state index in [1.807, 2.05) is 18.2 Å². The molecule has 0 saturated carbocycles. The zero-order valence-electron chi connectivity index (χ0n) is 12.0. The van der Waals surface area contributed by atoms with E-state index in [9.17, 15) is 5.11 Å². The van der Waals surface area contributed by atoms with Gasteiger partial charge in [-0.25, -0.2) is 9.50 Å². The van der Waals surface area contributed by atoms with Gasteiger partial charge in [0.25, 0.3) is 0 Å². The Morgan fingerprint density at radius 3 is 2.90 bits per heavy atom. The van der Waals surface area contributed by atoms with Gasteiger partial charge in [0.05, 0.1) is 11.1 Å². The molecule has 0 bridgehead atoms. The zero-order chi connectivity index (χ0) is 15.0. The van der Waals surface area contributed by atoms with Crippen LogP contribution in [0.25, 0.3) is 5.65 Å². The van der Waals surface area contributed by atoms with Crippen molar-refractivity contribution in [2.45, 2.75) is 32.1 Å². The summed E-state index contributed by atoms with van der Waals surface area (Å²) in [5.41, 5.74) is 1.20. The first kappa shape index (κ1) is 13.4. The third-order valence-electron chi connectivity index (χ3n) is 4.17. The smallest absolute Gasteiger partial charge is 0.161 e. The molecule has 0 fully saturated rings. The summed E-state index contributed by atoms with van der Waals surface area (Å²) in [5.74, 6) is 0.675. The topological polar surface area (TPSA) is 74.2 Å². The number of aromatic nitrogens is 3. The summed E-state index contributed by atoms with van der Waals surface area (Å²) in [6.07, 6.45) is 10.0. The van der Waals surface area contributed by atoms with Crippen LogP contribution in [-0.4, -0.2) is 19.7 Å². The van der Waals surface area contributed by atoms with Crippen molar-refractivity contribution >= 4 is 5.65 Å². The van der Waals surface area contributed by atoms with Crippen molar-refractivity contribution < 1.29 is 5.11 Å². The second-order valence-corrected chi connectivity index (χ2v) is 5.31. The fraction of sp³-hybridized carbons (Fsp3) is 0.312. The number of nitriles is 1. The minimum atomic E-state index is -0.213. The first-order chi connectivity index (χ1) is 10.1. The molecule has 2 heterocycles. The molecule has 0 aliphatic heterocycles. The van der Waals surface area contributed by atoms with Crippen molar-refractivity contribution in [2.75, 3.05) is 0 Å². The molecule has 0 spiro atoms. The first-order valence-electron chi connectivity index (χ1n) is 6.95. The van der Waals surface area contributed by atoms with E-state index < -0.39 is 0 Å². The summed E-state index contributed by atoms with van der Waals surface area (Å²) in [6, 6.07) is 3.50. The van der Waals surface area contributed by atoms with Gasteiger partial charge in [0.15, 0.2) is 11.5 Å². The monoisotopic (exact) mass is 280 g/mol. The highest BCUT2D eigenvalue weighted by Gasteiger charge is 2.32. The van der Waals surface area contributed by atoms with Crippen molar-refractivity contribution in [3.63, 3.8) is 0 Å². The first-order valence-corrected chi connectivity index (χ1v) is 6.95. The Bertz CT molecular complexity index is 810. The molecule has 0 radical (unpaired) electrons. The van der Waals surface area contributed by atoms with Gasteiger partial charge in [-0.3, -0.25) is 0 Å². The van der Waals surface area contributed by atoms with E-state index in [1.54, 1.807) is 11.4 Å². The van der Waals surface area contributed by atoms with Gasteiger partial charge in [-0.15, -0.1) is 0 Å². The van der Waals surface area contributed by atoms with E-state index >= 15 is 0 Å². The second kappa shape index (κ2) is 4.74. The van der Waals surface area contributed by atoms with Crippen LogP contribution in [0.3, 0.4) is 0 Å². The Labute approximate surface area is 122 Å². The molecule has 5 nitrogen and oxygen atoms in total.